The number of hydrogen-bond acceptors (Lipinski definition) is 1. The highest BCUT2D eigenvalue weighted by atomic mass is 79.9. The molecule has 1 fully saturated rings. The van der Waals surface area contributed by atoms with Gasteiger partial charge in [-0.2, -0.15) is 0 Å². The van der Waals surface area contributed by atoms with Gasteiger partial charge in [0, 0.05) is 0 Å². The number of piperidine rings is 1. The van der Waals surface area contributed by atoms with Crippen molar-refractivity contribution in [1.29, 1.82) is 0 Å². The molecule has 1 aliphatic heterocycles. The lowest BCUT2D eigenvalue weighted by atomic mass is 9.95. The molecule has 1 saturated heterocycles. The zero-order chi connectivity index (χ0) is 15.0. The topological polar surface area (TPSA) is 17.1 Å². The zero-order valence-electron chi connectivity index (χ0n) is 14.2. The Morgan fingerprint density at radius 3 is 2.29 bits per heavy atom. The SMILES string of the molecule is C=CC[N+]1(C(=O)CC(C)CCCC(C)C)CCCCC1.[Br-]. The first-order chi connectivity index (χ1) is 9.50. The molecule has 0 bridgehead atoms. The molecule has 1 aliphatic rings. The van der Waals surface area contributed by atoms with E-state index >= 15 is 0 Å². The van der Waals surface area contributed by atoms with Crippen molar-refractivity contribution in [3.05, 3.63) is 12.7 Å². The summed E-state index contributed by atoms with van der Waals surface area (Å²) in [4.78, 5) is 12.7. The molecule has 1 rings (SSSR count). The molecule has 2 nitrogen and oxygen atoms in total. The van der Waals surface area contributed by atoms with E-state index in [4.69, 9.17) is 0 Å². The van der Waals surface area contributed by atoms with E-state index in [9.17, 15) is 4.79 Å². The predicted octanol–water partition coefficient (Wildman–Crippen LogP) is 1.56. The van der Waals surface area contributed by atoms with Gasteiger partial charge in [-0.3, -0.25) is 4.48 Å². The summed E-state index contributed by atoms with van der Waals surface area (Å²) >= 11 is 0. The van der Waals surface area contributed by atoms with Crippen molar-refractivity contribution < 1.29 is 26.3 Å². The average Bonchev–Trinajstić information content (AvgIpc) is 2.39. The normalized spacial score (nSPS) is 18.9. The minimum Gasteiger partial charge on any atom is -1.00 e. The number of carbonyl (C=O) groups excluding carboxylic acids is 1. The summed E-state index contributed by atoms with van der Waals surface area (Å²) in [6.45, 7) is 13.5. The zero-order valence-corrected chi connectivity index (χ0v) is 15.8. The van der Waals surface area contributed by atoms with Crippen molar-refractivity contribution in [1.82, 2.24) is 0 Å². The van der Waals surface area contributed by atoms with Gasteiger partial charge in [0.05, 0.1) is 19.5 Å². The van der Waals surface area contributed by atoms with Crippen LogP contribution in [0.3, 0.4) is 0 Å². The second-order valence-electron chi connectivity index (χ2n) is 7.15. The summed E-state index contributed by atoms with van der Waals surface area (Å²) < 4.78 is 0.679. The van der Waals surface area contributed by atoms with Gasteiger partial charge < -0.3 is 17.0 Å². The Kier molecular flexibility index (Phi) is 10.5. The minimum absolute atomic E-state index is 0. The standard InChI is InChI=1S/C18H34NO.BrH/c1-5-12-19(13-7-6-8-14-19)18(20)15-17(4)11-9-10-16(2)3;/h5,16-17H,1,6-15H2,2-4H3;1H/q+1;/p-1. The molecular formula is C18H34BrNO. The first kappa shape index (κ1) is 20.9. The fourth-order valence-corrected chi connectivity index (χ4v) is 3.37. The van der Waals surface area contributed by atoms with Crippen LogP contribution in [0, 0.1) is 11.8 Å². The Morgan fingerprint density at radius 2 is 1.76 bits per heavy atom. The number of halogens is 1. The van der Waals surface area contributed by atoms with Crippen LogP contribution in [0.15, 0.2) is 12.7 Å². The number of hydrogen-bond donors (Lipinski definition) is 0. The quantitative estimate of drug-likeness (QED) is 0.474. The monoisotopic (exact) mass is 359 g/mol. The number of rotatable bonds is 8. The van der Waals surface area contributed by atoms with Crippen molar-refractivity contribution in [2.75, 3.05) is 19.6 Å². The fraction of sp³-hybridized carbons (Fsp3) is 0.833. The molecule has 0 aromatic carbocycles. The summed E-state index contributed by atoms with van der Waals surface area (Å²) in [6.07, 6.45) is 10.1. The van der Waals surface area contributed by atoms with Gasteiger partial charge in [-0.05, 0) is 37.2 Å². The molecule has 3 heteroatoms. The summed E-state index contributed by atoms with van der Waals surface area (Å²) in [5.41, 5.74) is 0. The van der Waals surface area contributed by atoms with E-state index in [2.05, 4.69) is 27.4 Å². The van der Waals surface area contributed by atoms with Crippen LogP contribution in [-0.2, 0) is 4.79 Å². The molecule has 0 aromatic heterocycles. The van der Waals surface area contributed by atoms with E-state index in [0.717, 1.165) is 32.0 Å². The first-order valence-electron chi connectivity index (χ1n) is 8.50. The second kappa shape index (κ2) is 10.6. The van der Waals surface area contributed by atoms with Crippen LogP contribution in [0.25, 0.3) is 0 Å². The molecule has 124 valence electrons. The number of amides is 1. The van der Waals surface area contributed by atoms with Gasteiger partial charge in [-0.15, -0.1) is 0 Å². The van der Waals surface area contributed by atoms with Crippen LogP contribution in [0.2, 0.25) is 0 Å². The Hall–Kier alpha value is -0.150. The van der Waals surface area contributed by atoms with Crippen molar-refractivity contribution >= 4 is 5.91 Å². The Morgan fingerprint density at radius 1 is 1.14 bits per heavy atom. The lowest BCUT2D eigenvalue weighted by Gasteiger charge is -2.38. The summed E-state index contributed by atoms with van der Waals surface area (Å²) in [5.74, 6) is 1.77. The molecule has 0 aliphatic carbocycles. The van der Waals surface area contributed by atoms with Crippen LogP contribution in [0.4, 0.5) is 0 Å². The molecule has 1 amide bonds. The molecule has 0 aromatic rings. The molecule has 1 atom stereocenters. The molecule has 21 heavy (non-hydrogen) atoms. The minimum atomic E-state index is 0. The fourth-order valence-electron chi connectivity index (χ4n) is 3.37. The lowest BCUT2D eigenvalue weighted by molar-refractivity contribution is -0.854. The number of nitrogens with zero attached hydrogens (tertiary/aromatic N) is 1. The predicted molar refractivity (Wildman–Crippen MR) is 86.4 cm³/mol. The van der Waals surface area contributed by atoms with E-state index in [0.29, 0.717) is 16.3 Å². The van der Waals surface area contributed by atoms with Crippen molar-refractivity contribution in [2.24, 2.45) is 11.8 Å². The highest BCUT2D eigenvalue weighted by molar-refractivity contribution is 5.69. The highest BCUT2D eigenvalue weighted by Crippen LogP contribution is 2.24. The highest BCUT2D eigenvalue weighted by Gasteiger charge is 2.37. The van der Waals surface area contributed by atoms with E-state index in [1.54, 1.807) is 0 Å². The summed E-state index contributed by atoms with van der Waals surface area (Å²) in [5, 5.41) is 0. The maximum absolute atomic E-state index is 12.7. The number of likely N-dealkylation sites (tertiary alicyclic amines) is 1. The molecule has 0 N–H and O–H groups in total. The van der Waals surface area contributed by atoms with Crippen molar-refractivity contribution in [3.63, 3.8) is 0 Å². The maximum Gasteiger partial charge on any atom is 0.314 e. The van der Waals surface area contributed by atoms with Crippen LogP contribution in [0.5, 0.6) is 0 Å². The third kappa shape index (κ3) is 7.10. The van der Waals surface area contributed by atoms with Gasteiger partial charge in [0.15, 0.2) is 0 Å². The summed E-state index contributed by atoms with van der Waals surface area (Å²) in [6, 6.07) is 0. The van der Waals surface area contributed by atoms with E-state index in [1.165, 1.54) is 38.5 Å². The van der Waals surface area contributed by atoms with Crippen LogP contribution in [0.1, 0.15) is 65.7 Å². The van der Waals surface area contributed by atoms with E-state index in [1.807, 2.05) is 6.08 Å². The molecule has 0 radical (unpaired) electrons. The first-order valence-corrected chi connectivity index (χ1v) is 8.50. The van der Waals surface area contributed by atoms with E-state index < -0.39 is 0 Å². The molecule has 0 saturated carbocycles. The second-order valence-corrected chi connectivity index (χ2v) is 7.15. The van der Waals surface area contributed by atoms with Gasteiger partial charge in [0.1, 0.15) is 6.54 Å². The van der Waals surface area contributed by atoms with Crippen molar-refractivity contribution in [3.8, 4) is 0 Å². The van der Waals surface area contributed by atoms with Gasteiger partial charge in [-0.25, -0.2) is 4.79 Å². The maximum atomic E-state index is 12.7. The lowest BCUT2D eigenvalue weighted by Crippen LogP contribution is -3.00. The molecular weight excluding hydrogens is 326 g/mol. The van der Waals surface area contributed by atoms with Crippen LogP contribution >= 0.6 is 0 Å². The molecule has 1 unspecified atom stereocenters. The van der Waals surface area contributed by atoms with Crippen molar-refractivity contribution in [2.45, 2.75) is 65.7 Å². The van der Waals surface area contributed by atoms with E-state index in [-0.39, 0.29) is 17.0 Å². The van der Waals surface area contributed by atoms with Crippen LogP contribution < -0.4 is 17.0 Å². The Balaban J connectivity index is 0.00000400. The average molecular weight is 360 g/mol. The number of quaternary nitrogens is 1. The molecule has 1 heterocycles. The molecule has 0 spiro atoms. The summed E-state index contributed by atoms with van der Waals surface area (Å²) in [7, 11) is 0. The smallest absolute Gasteiger partial charge is 0.314 e. The number of carbonyl (C=O) groups is 1. The van der Waals surface area contributed by atoms with Gasteiger partial charge in [0.25, 0.3) is 0 Å². The van der Waals surface area contributed by atoms with Gasteiger partial charge >= 0.3 is 5.91 Å². The third-order valence-corrected chi connectivity index (χ3v) is 4.68. The van der Waals surface area contributed by atoms with Gasteiger partial charge in [-0.1, -0.05) is 46.6 Å². The largest absolute Gasteiger partial charge is 1.00 e. The van der Waals surface area contributed by atoms with Crippen LogP contribution in [-0.4, -0.2) is 30.0 Å². The Labute approximate surface area is 142 Å². The van der Waals surface area contributed by atoms with Gasteiger partial charge in [0.2, 0.25) is 0 Å². The Bertz CT molecular complexity index is 308. The third-order valence-electron chi connectivity index (χ3n) is 4.68.